The molecular formula is C24H43N3O2. The van der Waals surface area contributed by atoms with E-state index >= 15 is 0 Å². The second kappa shape index (κ2) is 14.2. The van der Waals surface area contributed by atoms with Crippen LogP contribution in [0.4, 0.5) is 0 Å². The Kier molecular flexibility index (Phi) is 13.2. The Morgan fingerprint density at radius 1 is 1.10 bits per heavy atom. The molecule has 2 amide bonds. The zero-order valence-corrected chi connectivity index (χ0v) is 19.9. The number of piperazine rings is 1. The van der Waals surface area contributed by atoms with Crippen LogP contribution < -0.4 is 5.32 Å². The van der Waals surface area contributed by atoms with E-state index in [0.717, 1.165) is 44.2 Å². The van der Waals surface area contributed by atoms with Crippen LogP contribution in [0.5, 0.6) is 0 Å². The maximum atomic E-state index is 12.6. The summed E-state index contributed by atoms with van der Waals surface area (Å²) in [6.07, 6.45) is 0.670. The highest BCUT2D eigenvalue weighted by molar-refractivity contribution is 5.94. The van der Waals surface area contributed by atoms with E-state index in [0.29, 0.717) is 18.5 Å². The van der Waals surface area contributed by atoms with E-state index < -0.39 is 0 Å². The second-order valence-corrected chi connectivity index (χ2v) is 9.06. The Morgan fingerprint density at radius 3 is 2.14 bits per heavy atom. The molecule has 0 spiro atoms. The van der Waals surface area contributed by atoms with Gasteiger partial charge < -0.3 is 10.2 Å². The summed E-state index contributed by atoms with van der Waals surface area (Å²) in [5.74, 6) is 0.911. The minimum atomic E-state index is 0.0772. The van der Waals surface area contributed by atoms with Crippen LogP contribution in [-0.4, -0.2) is 54.8 Å². The van der Waals surface area contributed by atoms with Crippen LogP contribution in [0.3, 0.4) is 0 Å². The van der Waals surface area contributed by atoms with Crippen LogP contribution in [0, 0.1) is 11.3 Å². The first kappa shape index (κ1) is 27.1. The van der Waals surface area contributed by atoms with Gasteiger partial charge in [0.25, 0.3) is 5.91 Å². The van der Waals surface area contributed by atoms with Gasteiger partial charge in [0.15, 0.2) is 0 Å². The van der Waals surface area contributed by atoms with Gasteiger partial charge in [0.2, 0.25) is 6.41 Å². The molecule has 1 aliphatic rings. The Balaban J connectivity index is 0.00000116. The summed E-state index contributed by atoms with van der Waals surface area (Å²) < 4.78 is 0. The lowest BCUT2D eigenvalue weighted by Gasteiger charge is -2.37. The summed E-state index contributed by atoms with van der Waals surface area (Å²) in [6.45, 7) is 22.1. The molecule has 0 aromatic heterocycles. The molecular weight excluding hydrogens is 362 g/mol. The Hall–Kier alpha value is -1.88. The Morgan fingerprint density at radius 2 is 1.66 bits per heavy atom. The third kappa shape index (κ3) is 12.3. The number of carbonyl (C=O) groups excluding carboxylic acids is 2. The lowest BCUT2D eigenvalue weighted by molar-refractivity contribution is -0.109. The molecule has 2 rings (SSSR count). The highest BCUT2D eigenvalue weighted by Gasteiger charge is 2.24. The smallest absolute Gasteiger partial charge is 0.253 e. The zero-order valence-electron chi connectivity index (χ0n) is 19.9. The topological polar surface area (TPSA) is 52.6 Å². The minimum absolute atomic E-state index is 0.0772. The fourth-order valence-electron chi connectivity index (χ4n) is 2.94. The number of rotatable bonds is 5. The van der Waals surface area contributed by atoms with Crippen molar-refractivity contribution in [2.45, 2.75) is 61.9 Å². The van der Waals surface area contributed by atoms with Gasteiger partial charge in [-0.1, -0.05) is 67.5 Å². The van der Waals surface area contributed by atoms with Crippen molar-refractivity contribution < 1.29 is 9.59 Å². The average Bonchev–Trinajstić information content (AvgIpc) is 2.66. The first-order valence-corrected chi connectivity index (χ1v) is 10.9. The highest BCUT2D eigenvalue weighted by Crippen LogP contribution is 2.17. The molecule has 1 aliphatic heterocycles. The number of nitrogens with one attached hydrogen (secondary N) is 1. The molecule has 29 heavy (non-hydrogen) atoms. The van der Waals surface area contributed by atoms with Crippen molar-refractivity contribution in [3.63, 3.8) is 0 Å². The van der Waals surface area contributed by atoms with Crippen molar-refractivity contribution in [2.75, 3.05) is 32.7 Å². The van der Waals surface area contributed by atoms with Gasteiger partial charge in [-0.25, -0.2) is 0 Å². The largest absolute Gasteiger partial charge is 0.355 e. The van der Waals surface area contributed by atoms with E-state index in [-0.39, 0.29) is 11.3 Å². The zero-order chi connectivity index (χ0) is 22.4. The molecule has 0 bridgehead atoms. The fourth-order valence-corrected chi connectivity index (χ4v) is 2.94. The molecule has 1 aromatic carbocycles. The molecule has 1 N–H and O–H groups in total. The molecule has 0 atom stereocenters. The number of amides is 2. The van der Waals surface area contributed by atoms with Crippen LogP contribution in [0.1, 0.15) is 71.3 Å². The maximum absolute atomic E-state index is 12.6. The number of carbonyl (C=O) groups is 2. The summed E-state index contributed by atoms with van der Waals surface area (Å²) in [7, 11) is 0. The predicted octanol–water partition coefficient (Wildman–Crippen LogP) is 4.43. The highest BCUT2D eigenvalue weighted by atomic mass is 16.2. The van der Waals surface area contributed by atoms with Crippen molar-refractivity contribution in [2.24, 2.45) is 11.3 Å². The Bertz CT molecular complexity index is 583. The van der Waals surface area contributed by atoms with Gasteiger partial charge in [0, 0.05) is 44.8 Å². The molecule has 0 saturated carbocycles. The second-order valence-electron chi connectivity index (χ2n) is 9.06. The molecule has 5 nitrogen and oxygen atoms in total. The Labute approximate surface area is 178 Å². The molecule has 0 radical (unpaired) electrons. The third-order valence-corrected chi connectivity index (χ3v) is 3.92. The van der Waals surface area contributed by atoms with Crippen molar-refractivity contribution in [1.29, 1.82) is 0 Å². The third-order valence-electron chi connectivity index (χ3n) is 3.92. The van der Waals surface area contributed by atoms with Crippen LogP contribution in [0.2, 0.25) is 0 Å². The van der Waals surface area contributed by atoms with E-state index in [9.17, 15) is 9.59 Å². The molecule has 0 aliphatic carbocycles. The quantitative estimate of drug-likeness (QED) is 0.738. The summed E-state index contributed by atoms with van der Waals surface area (Å²) in [6, 6.07) is 7.48. The van der Waals surface area contributed by atoms with Crippen LogP contribution in [0.15, 0.2) is 24.3 Å². The molecule has 5 heteroatoms. The van der Waals surface area contributed by atoms with Crippen molar-refractivity contribution >= 4 is 12.3 Å². The van der Waals surface area contributed by atoms with Gasteiger partial charge in [-0.3, -0.25) is 14.5 Å². The first-order valence-electron chi connectivity index (χ1n) is 10.9. The molecule has 1 aromatic rings. The standard InChI is InChI=1S/C18H27N3O2.C4H10.C2H6/c1-18(2,3)13-20-7-9-21(10-8-20)17(23)16-6-4-5-15(11-16)12-19-14-22;1-4(2)3;1-2/h4-6,11,14H,7-10,12-13H2,1-3H3,(H,19,22);4H,1-3H3;1-2H3. The van der Waals surface area contributed by atoms with Crippen molar-refractivity contribution in [3.05, 3.63) is 35.4 Å². The minimum Gasteiger partial charge on any atom is -0.355 e. The predicted molar refractivity (Wildman–Crippen MR) is 123 cm³/mol. The van der Waals surface area contributed by atoms with Crippen LogP contribution in [0.25, 0.3) is 0 Å². The van der Waals surface area contributed by atoms with E-state index in [2.05, 4.69) is 51.8 Å². The summed E-state index contributed by atoms with van der Waals surface area (Å²) in [4.78, 5) is 27.4. The summed E-state index contributed by atoms with van der Waals surface area (Å²) >= 11 is 0. The molecule has 1 fully saturated rings. The van der Waals surface area contributed by atoms with E-state index in [1.54, 1.807) is 0 Å². The van der Waals surface area contributed by atoms with Gasteiger partial charge in [0.05, 0.1) is 0 Å². The molecule has 1 heterocycles. The number of nitrogens with zero attached hydrogens (tertiary/aromatic N) is 2. The average molecular weight is 406 g/mol. The lowest BCUT2D eigenvalue weighted by Crippen LogP contribution is -2.50. The number of benzene rings is 1. The van der Waals surface area contributed by atoms with Gasteiger partial charge in [0.1, 0.15) is 0 Å². The van der Waals surface area contributed by atoms with Gasteiger partial charge in [-0.15, -0.1) is 0 Å². The lowest BCUT2D eigenvalue weighted by atomic mass is 9.96. The molecule has 1 saturated heterocycles. The van der Waals surface area contributed by atoms with Crippen molar-refractivity contribution in [3.8, 4) is 0 Å². The molecule has 166 valence electrons. The first-order chi connectivity index (χ1) is 13.6. The van der Waals surface area contributed by atoms with Gasteiger partial charge in [-0.2, -0.15) is 0 Å². The number of hydrogen-bond donors (Lipinski definition) is 1. The van der Waals surface area contributed by atoms with E-state index in [4.69, 9.17) is 0 Å². The molecule has 0 unspecified atom stereocenters. The van der Waals surface area contributed by atoms with Crippen LogP contribution in [-0.2, 0) is 11.3 Å². The van der Waals surface area contributed by atoms with E-state index in [1.165, 1.54) is 0 Å². The van der Waals surface area contributed by atoms with Crippen LogP contribution >= 0.6 is 0 Å². The monoisotopic (exact) mass is 405 g/mol. The number of hydrogen-bond acceptors (Lipinski definition) is 3. The summed E-state index contributed by atoms with van der Waals surface area (Å²) in [5.41, 5.74) is 1.92. The normalized spacial score (nSPS) is 14.3. The SMILES string of the molecule is CC.CC(C)(C)CN1CCN(C(=O)c2cccc(CNC=O)c2)CC1.CC(C)C. The van der Waals surface area contributed by atoms with Gasteiger partial charge in [-0.05, 0) is 29.0 Å². The fraction of sp³-hybridized carbons (Fsp3) is 0.667. The van der Waals surface area contributed by atoms with Crippen molar-refractivity contribution in [1.82, 2.24) is 15.1 Å². The maximum Gasteiger partial charge on any atom is 0.253 e. The van der Waals surface area contributed by atoms with E-state index in [1.807, 2.05) is 43.0 Å². The van der Waals surface area contributed by atoms with Gasteiger partial charge >= 0.3 is 0 Å². The summed E-state index contributed by atoms with van der Waals surface area (Å²) in [5, 5.41) is 2.63.